The minimum atomic E-state index is -1.55. The highest BCUT2D eigenvalue weighted by atomic mass is 16.1. The van der Waals surface area contributed by atoms with Crippen LogP contribution in [0.3, 0.4) is 0 Å². The summed E-state index contributed by atoms with van der Waals surface area (Å²) < 4.78 is 0. The molecule has 2 N–H and O–H groups in total. The fourth-order valence-electron chi connectivity index (χ4n) is 3.52. The number of benzene rings is 3. The van der Waals surface area contributed by atoms with E-state index in [4.69, 9.17) is 5.73 Å². The third-order valence-electron chi connectivity index (χ3n) is 4.99. The average Bonchev–Trinajstić information content (AvgIpc) is 2.75. The molecule has 3 rings (SSSR count). The second kappa shape index (κ2) is 9.12. The second-order valence-electron chi connectivity index (χ2n) is 7.19. The van der Waals surface area contributed by atoms with Gasteiger partial charge in [0.1, 0.15) is 0 Å². The van der Waals surface area contributed by atoms with E-state index in [1.54, 1.807) is 0 Å². The highest BCUT2D eigenvalue weighted by molar-refractivity contribution is 5.93. The minimum absolute atomic E-state index is 0.202. The van der Waals surface area contributed by atoms with Crippen LogP contribution in [0.15, 0.2) is 91.0 Å². The van der Waals surface area contributed by atoms with Gasteiger partial charge in [0.25, 0.3) is 0 Å². The number of ketones is 1. The number of hydrogen-bond acceptors (Lipinski definition) is 3. The Morgan fingerprint density at radius 2 is 1.18 bits per heavy atom. The Morgan fingerprint density at radius 3 is 1.57 bits per heavy atom. The molecule has 3 aromatic carbocycles. The van der Waals surface area contributed by atoms with Crippen molar-refractivity contribution in [2.24, 2.45) is 11.7 Å². The van der Waals surface area contributed by atoms with E-state index in [9.17, 15) is 10.1 Å². The maximum Gasteiger partial charge on any atom is 0.171 e. The van der Waals surface area contributed by atoms with Crippen LogP contribution in [0.5, 0.6) is 0 Å². The van der Waals surface area contributed by atoms with Crippen LogP contribution in [0.4, 0.5) is 0 Å². The van der Waals surface area contributed by atoms with Crippen molar-refractivity contribution in [1.82, 2.24) is 0 Å². The van der Waals surface area contributed by atoms with E-state index in [1.165, 1.54) is 0 Å². The van der Waals surface area contributed by atoms with Crippen molar-refractivity contribution >= 4 is 5.78 Å². The van der Waals surface area contributed by atoms with Crippen LogP contribution < -0.4 is 5.73 Å². The van der Waals surface area contributed by atoms with Crippen LogP contribution in [0.25, 0.3) is 0 Å². The van der Waals surface area contributed by atoms with Crippen molar-refractivity contribution in [3.8, 4) is 6.07 Å². The predicted octanol–water partition coefficient (Wildman–Crippen LogP) is 4.12. The van der Waals surface area contributed by atoms with E-state index >= 15 is 0 Å². The first-order valence-corrected chi connectivity index (χ1v) is 9.47. The first kappa shape index (κ1) is 19.5. The molecule has 0 heterocycles. The van der Waals surface area contributed by atoms with E-state index in [2.05, 4.69) is 6.07 Å². The Bertz CT molecular complexity index is 891. The normalized spacial score (nSPS) is 12.9. The maximum absolute atomic E-state index is 13.5. The van der Waals surface area contributed by atoms with Crippen LogP contribution in [-0.2, 0) is 24.1 Å². The summed E-state index contributed by atoms with van der Waals surface area (Å²) in [6.45, 7) is 0. The van der Waals surface area contributed by atoms with Crippen molar-refractivity contribution in [3.63, 3.8) is 0 Å². The molecule has 0 aromatic heterocycles. The molecule has 0 saturated carbocycles. The number of carbonyl (C=O) groups is 1. The zero-order valence-corrected chi connectivity index (χ0v) is 15.8. The van der Waals surface area contributed by atoms with Gasteiger partial charge in [-0.3, -0.25) is 4.79 Å². The first-order chi connectivity index (χ1) is 13.6. The largest absolute Gasteiger partial charge is 0.307 e. The summed E-state index contributed by atoms with van der Waals surface area (Å²) >= 11 is 0. The van der Waals surface area contributed by atoms with Crippen molar-refractivity contribution in [2.75, 3.05) is 0 Å². The summed E-state index contributed by atoms with van der Waals surface area (Å²) in [6.07, 6.45) is 1.33. The summed E-state index contributed by atoms with van der Waals surface area (Å²) in [5.41, 5.74) is 7.84. The topological polar surface area (TPSA) is 66.9 Å². The lowest BCUT2D eigenvalue weighted by atomic mass is 9.78. The lowest BCUT2D eigenvalue weighted by Gasteiger charge is -2.26. The molecule has 0 spiro atoms. The number of hydrogen-bond donors (Lipinski definition) is 1. The number of nitrogens with two attached hydrogens (primary N) is 1. The van der Waals surface area contributed by atoms with Gasteiger partial charge in [-0.15, -0.1) is 0 Å². The minimum Gasteiger partial charge on any atom is -0.307 e. The van der Waals surface area contributed by atoms with Crippen molar-refractivity contribution in [3.05, 3.63) is 108 Å². The lowest BCUT2D eigenvalue weighted by Crippen LogP contribution is -2.52. The quantitative estimate of drug-likeness (QED) is 0.650. The molecule has 0 amide bonds. The molecule has 1 unspecified atom stereocenters. The lowest BCUT2D eigenvalue weighted by molar-refractivity contribution is -0.126. The van der Waals surface area contributed by atoms with Crippen LogP contribution in [-0.4, -0.2) is 11.3 Å². The molecule has 3 nitrogen and oxygen atoms in total. The molecule has 140 valence electrons. The molecular weight excluding hydrogens is 344 g/mol. The zero-order chi connectivity index (χ0) is 19.8. The van der Waals surface area contributed by atoms with E-state index < -0.39 is 5.54 Å². The summed E-state index contributed by atoms with van der Waals surface area (Å²) in [5.74, 6) is -0.565. The highest BCUT2D eigenvalue weighted by Crippen LogP contribution is 2.23. The van der Waals surface area contributed by atoms with Gasteiger partial charge < -0.3 is 5.73 Å². The molecule has 3 heteroatoms. The fraction of sp³-hybridized carbons (Fsp3) is 0.200. The molecule has 0 saturated heterocycles. The molecular formula is C25H24N2O. The standard InChI is InChI=1S/C25H24N2O/c26-19-25(27,18-22-14-8-3-9-15-22)24(28)23(16-20-10-4-1-5-11-20)17-21-12-6-2-7-13-21/h1-15,23H,16-18,27H2. The van der Waals surface area contributed by atoms with E-state index in [0.717, 1.165) is 16.7 Å². The molecule has 28 heavy (non-hydrogen) atoms. The van der Waals surface area contributed by atoms with Crippen molar-refractivity contribution < 1.29 is 4.79 Å². The zero-order valence-electron chi connectivity index (χ0n) is 15.8. The Kier molecular flexibility index (Phi) is 6.37. The SMILES string of the molecule is N#CC(N)(Cc1ccccc1)C(=O)C(Cc1ccccc1)Cc1ccccc1. The molecule has 1 atom stereocenters. The average molecular weight is 368 g/mol. The van der Waals surface area contributed by atoms with Gasteiger partial charge in [0.15, 0.2) is 11.3 Å². The number of Topliss-reactive ketones (excluding diaryl/α,β-unsaturated/α-hetero) is 1. The monoisotopic (exact) mass is 368 g/mol. The van der Waals surface area contributed by atoms with Crippen LogP contribution in [0.1, 0.15) is 16.7 Å². The van der Waals surface area contributed by atoms with Gasteiger partial charge in [-0.2, -0.15) is 5.26 Å². The van der Waals surface area contributed by atoms with Gasteiger partial charge in [0.05, 0.1) is 6.07 Å². The Morgan fingerprint density at radius 1 is 0.786 bits per heavy atom. The van der Waals surface area contributed by atoms with E-state index in [1.807, 2.05) is 91.0 Å². The fourth-order valence-corrected chi connectivity index (χ4v) is 3.52. The molecule has 0 aliphatic rings. The number of nitrogens with zero attached hydrogens (tertiary/aromatic N) is 1. The van der Waals surface area contributed by atoms with Gasteiger partial charge in [-0.25, -0.2) is 0 Å². The van der Waals surface area contributed by atoms with Gasteiger partial charge in [-0.1, -0.05) is 91.0 Å². The van der Waals surface area contributed by atoms with Gasteiger partial charge in [0.2, 0.25) is 0 Å². The molecule has 3 aromatic rings. The van der Waals surface area contributed by atoms with Crippen molar-refractivity contribution in [1.29, 1.82) is 5.26 Å². The van der Waals surface area contributed by atoms with Crippen LogP contribution >= 0.6 is 0 Å². The van der Waals surface area contributed by atoms with Gasteiger partial charge >= 0.3 is 0 Å². The van der Waals surface area contributed by atoms with Crippen LogP contribution in [0.2, 0.25) is 0 Å². The van der Waals surface area contributed by atoms with Crippen LogP contribution in [0, 0.1) is 17.2 Å². The molecule has 0 bridgehead atoms. The third kappa shape index (κ3) is 4.94. The molecule has 0 fully saturated rings. The third-order valence-corrected chi connectivity index (χ3v) is 4.99. The summed E-state index contributed by atoms with van der Waals surface area (Å²) in [7, 11) is 0. The summed E-state index contributed by atoms with van der Waals surface area (Å²) in [4.78, 5) is 13.5. The maximum atomic E-state index is 13.5. The summed E-state index contributed by atoms with van der Waals surface area (Å²) in [5, 5.41) is 9.80. The molecule has 0 aliphatic carbocycles. The number of rotatable bonds is 8. The highest BCUT2D eigenvalue weighted by Gasteiger charge is 2.39. The Balaban J connectivity index is 1.88. The molecule has 0 aliphatic heterocycles. The first-order valence-electron chi connectivity index (χ1n) is 9.47. The molecule has 0 radical (unpaired) electrons. The number of carbonyl (C=O) groups excluding carboxylic acids is 1. The predicted molar refractivity (Wildman–Crippen MR) is 111 cm³/mol. The smallest absolute Gasteiger partial charge is 0.171 e. The Labute approximate surface area is 166 Å². The summed E-state index contributed by atoms with van der Waals surface area (Å²) in [6, 6.07) is 31.4. The Hall–Kier alpha value is -3.22. The second-order valence-corrected chi connectivity index (χ2v) is 7.19. The van der Waals surface area contributed by atoms with E-state index in [0.29, 0.717) is 12.8 Å². The number of nitriles is 1. The van der Waals surface area contributed by atoms with Gasteiger partial charge in [0, 0.05) is 12.3 Å². The van der Waals surface area contributed by atoms with E-state index in [-0.39, 0.29) is 18.1 Å². The van der Waals surface area contributed by atoms with Crippen molar-refractivity contribution in [2.45, 2.75) is 24.8 Å². The van der Waals surface area contributed by atoms with Gasteiger partial charge in [-0.05, 0) is 29.5 Å².